The molecular formula is C17H13F3N4OS. The van der Waals surface area contributed by atoms with Crippen molar-refractivity contribution in [3.05, 3.63) is 46.1 Å². The normalized spacial score (nSPS) is 13.8. The molecule has 3 N–H and O–H groups in total. The van der Waals surface area contributed by atoms with Gasteiger partial charge in [0.15, 0.2) is 0 Å². The lowest BCUT2D eigenvalue weighted by Crippen LogP contribution is -2.13. The number of pyridine rings is 2. The molecule has 3 aromatic rings. The fraction of sp³-hybridized carbons (Fsp3) is 0.235. The third-order valence-electron chi connectivity index (χ3n) is 4.29. The average molecular weight is 378 g/mol. The van der Waals surface area contributed by atoms with E-state index in [4.69, 9.17) is 5.73 Å². The van der Waals surface area contributed by atoms with Crippen LogP contribution in [0.5, 0.6) is 0 Å². The van der Waals surface area contributed by atoms with Crippen molar-refractivity contribution in [3.63, 3.8) is 0 Å². The number of alkyl halides is 3. The van der Waals surface area contributed by atoms with Gasteiger partial charge in [-0.05, 0) is 43.0 Å². The van der Waals surface area contributed by atoms with E-state index in [1.54, 1.807) is 0 Å². The number of nitrogens with two attached hydrogens (primary N) is 1. The van der Waals surface area contributed by atoms with Crippen LogP contribution in [0.4, 0.5) is 24.7 Å². The summed E-state index contributed by atoms with van der Waals surface area (Å²) < 4.78 is 37.7. The second-order valence-corrected chi connectivity index (χ2v) is 7.03. The molecule has 0 radical (unpaired) electrons. The molecule has 0 aliphatic heterocycles. The number of thiophene rings is 1. The van der Waals surface area contributed by atoms with E-state index >= 15 is 0 Å². The first-order chi connectivity index (χ1) is 12.3. The number of rotatable bonds is 2. The van der Waals surface area contributed by atoms with Crippen molar-refractivity contribution < 1.29 is 18.0 Å². The number of anilines is 2. The summed E-state index contributed by atoms with van der Waals surface area (Å²) in [4.78, 5) is 21.7. The number of fused-ring (bicyclic) bond motifs is 2. The van der Waals surface area contributed by atoms with Gasteiger partial charge in [0.2, 0.25) is 0 Å². The number of carbonyl (C=O) groups is 1. The van der Waals surface area contributed by atoms with Gasteiger partial charge >= 0.3 is 6.18 Å². The molecule has 0 saturated carbocycles. The highest BCUT2D eigenvalue weighted by molar-refractivity contribution is 7.21. The molecular weight excluding hydrogens is 365 g/mol. The molecule has 5 nitrogen and oxygen atoms in total. The Bertz CT molecular complexity index is 1010. The van der Waals surface area contributed by atoms with Crippen molar-refractivity contribution in [2.75, 3.05) is 11.1 Å². The molecule has 0 atom stereocenters. The smallest absolute Gasteiger partial charge is 0.397 e. The van der Waals surface area contributed by atoms with Crippen molar-refractivity contribution >= 4 is 39.0 Å². The quantitative estimate of drug-likeness (QED) is 0.705. The summed E-state index contributed by atoms with van der Waals surface area (Å²) in [6.45, 7) is 0. The minimum atomic E-state index is -4.47. The van der Waals surface area contributed by atoms with E-state index in [2.05, 4.69) is 15.3 Å². The number of hydrogen-bond acceptors (Lipinski definition) is 5. The van der Waals surface area contributed by atoms with Crippen LogP contribution in [-0.4, -0.2) is 15.9 Å². The Hall–Kier alpha value is -2.68. The molecule has 0 spiro atoms. The Labute approximate surface area is 150 Å². The summed E-state index contributed by atoms with van der Waals surface area (Å²) >= 11 is 1.17. The number of hydrogen-bond donors (Lipinski definition) is 2. The average Bonchev–Trinajstić information content (AvgIpc) is 3.17. The molecule has 0 saturated heterocycles. The van der Waals surface area contributed by atoms with E-state index in [1.807, 2.05) is 6.07 Å². The van der Waals surface area contributed by atoms with Crippen molar-refractivity contribution in [1.29, 1.82) is 0 Å². The zero-order valence-corrected chi connectivity index (χ0v) is 14.2. The first kappa shape index (κ1) is 16.8. The molecule has 0 aromatic carbocycles. The standard InChI is InChI=1S/C17H13F3N4OS/c18-17(19,20)9-4-5-12(22-7-9)24-15(25)14-13(21)10-6-8-2-1-3-11(8)23-16(10)26-14/h4-7H,1-3,21H2,(H,22,24,25). The number of halogens is 3. The van der Waals surface area contributed by atoms with Crippen LogP contribution < -0.4 is 11.1 Å². The van der Waals surface area contributed by atoms with Gasteiger partial charge in [0, 0.05) is 17.3 Å². The second kappa shape index (κ2) is 5.94. The summed E-state index contributed by atoms with van der Waals surface area (Å²) in [7, 11) is 0. The van der Waals surface area contributed by atoms with Crippen molar-refractivity contribution in [2.45, 2.75) is 25.4 Å². The van der Waals surface area contributed by atoms with Crippen LogP contribution in [0.1, 0.15) is 32.9 Å². The van der Waals surface area contributed by atoms with E-state index in [0.29, 0.717) is 16.7 Å². The predicted octanol–water partition coefficient (Wildman–Crippen LogP) is 4.03. The van der Waals surface area contributed by atoms with Gasteiger partial charge in [-0.3, -0.25) is 4.79 Å². The molecule has 26 heavy (non-hydrogen) atoms. The summed E-state index contributed by atoms with van der Waals surface area (Å²) in [6, 6.07) is 3.95. The summed E-state index contributed by atoms with van der Waals surface area (Å²) in [6.07, 6.45) is -0.870. The zero-order valence-electron chi connectivity index (χ0n) is 13.4. The van der Waals surface area contributed by atoms with Gasteiger partial charge < -0.3 is 11.1 Å². The highest BCUT2D eigenvalue weighted by Crippen LogP contribution is 2.36. The van der Waals surface area contributed by atoms with Crippen LogP contribution in [0.3, 0.4) is 0 Å². The maximum atomic E-state index is 12.6. The molecule has 134 valence electrons. The van der Waals surface area contributed by atoms with Crippen LogP contribution in [0.25, 0.3) is 10.2 Å². The third-order valence-corrected chi connectivity index (χ3v) is 5.40. The van der Waals surface area contributed by atoms with E-state index in [-0.39, 0.29) is 10.7 Å². The van der Waals surface area contributed by atoms with Crippen LogP contribution in [0.15, 0.2) is 24.4 Å². The van der Waals surface area contributed by atoms with Gasteiger partial charge in [-0.1, -0.05) is 0 Å². The number of amides is 1. The fourth-order valence-corrected chi connectivity index (χ4v) is 3.97. The summed E-state index contributed by atoms with van der Waals surface area (Å²) in [5.74, 6) is -0.492. The van der Waals surface area contributed by atoms with E-state index in [0.717, 1.165) is 48.0 Å². The van der Waals surface area contributed by atoms with Crippen LogP contribution in [0, 0.1) is 0 Å². The highest BCUT2D eigenvalue weighted by atomic mass is 32.1. The van der Waals surface area contributed by atoms with Crippen LogP contribution in [0.2, 0.25) is 0 Å². The Morgan fingerprint density at radius 1 is 1.27 bits per heavy atom. The number of aryl methyl sites for hydroxylation is 2. The van der Waals surface area contributed by atoms with Gasteiger partial charge in [-0.25, -0.2) is 9.97 Å². The Kier molecular flexibility index (Phi) is 3.83. The van der Waals surface area contributed by atoms with Gasteiger partial charge in [0.05, 0.1) is 11.3 Å². The summed E-state index contributed by atoms with van der Waals surface area (Å²) in [5.41, 5.74) is 7.75. The fourth-order valence-electron chi connectivity index (χ4n) is 2.98. The number of nitrogens with zero attached hydrogens (tertiary/aromatic N) is 2. The minimum Gasteiger partial charge on any atom is -0.397 e. The van der Waals surface area contributed by atoms with Crippen molar-refractivity contribution in [3.8, 4) is 0 Å². The monoisotopic (exact) mass is 378 g/mol. The van der Waals surface area contributed by atoms with Crippen LogP contribution in [-0.2, 0) is 19.0 Å². The Morgan fingerprint density at radius 2 is 2.08 bits per heavy atom. The van der Waals surface area contributed by atoms with Crippen molar-refractivity contribution in [2.24, 2.45) is 0 Å². The van der Waals surface area contributed by atoms with E-state index < -0.39 is 17.6 Å². The lowest BCUT2D eigenvalue weighted by molar-refractivity contribution is -0.137. The van der Waals surface area contributed by atoms with Gasteiger partial charge in [0.25, 0.3) is 5.91 Å². The largest absolute Gasteiger partial charge is 0.417 e. The highest BCUT2D eigenvalue weighted by Gasteiger charge is 2.30. The summed E-state index contributed by atoms with van der Waals surface area (Å²) in [5, 5.41) is 3.22. The first-order valence-electron chi connectivity index (χ1n) is 7.88. The van der Waals surface area contributed by atoms with Gasteiger partial charge in [-0.15, -0.1) is 11.3 Å². The zero-order chi connectivity index (χ0) is 18.5. The van der Waals surface area contributed by atoms with Gasteiger partial charge in [-0.2, -0.15) is 13.2 Å². The number of nitrogen functional groups attached to an aromatic ring is 1. The number of aromatic nitrogens is 2. The molecule has 1 amide bonds. The second-order valence-electron chi connectivity index (χ2n) is 6.03. The molecule has 1 aliphatic rings. The number of nitrogens with one attached hydrogen (secondary N) is 1. The lowest BCUT2D eigenvalue weighted by atomic mass is 10.1. The third kappa shape index (κ3) is 2.88. The Morgan fingerprint density at radius 3 is 2.77 bits per heavy atom. The Balaban J connectivity index is 1.61. The predicted molar refractivity (Wildman–Crippen MR) is 93.2 cm³/mol. The molecule has 4 rings (SSSR count). The molecule has 3 heterocycles. The molecule has 0 unspecified atom stereocenters. The van der Waals surface area contributed by atoms with Crippen LogP contribution >= 0.6 is 11.3 Å². The molecule has 1 aliphatic carbocycles. The van der Waals surface area contributed by atoms with E-state index in [9.17, 15) is 18.0 Å². The SMILES string of the molecule is Nc1c(C(=O)Nc2ccc(C(F)(F)F)cn2)sc2nc3c(cc12)CCC3. The first-order valence-corrected chi connectivity index (χ1v) is 8.70. The maximum Gasteiger partial charge on any atom is 0.417 e. The van der Waals surface area contributed by atoms with Gasteiger partial charge in [0.1, 0.15) is 15.5 Å². The molecule has 0 bridgehead atoms. The molecule has 3 aromatic heterocycles. The van der Waals surface area contributed by atoms with E-state index in [1.165, 1.54) is 11.3 Å². The molecule has 0 fully saturated rings. The number of carbonyl (C=O) groups excluding carboxylic acids is 1. The molecule has 9 heteroatoms. The minimum absolute atomic E-state index is 0.0234. The van der Waals surface area contributed by atoms with Crippen molar-refractivity contribution in [1.82, 2.24) is 9.97 Å². The topological polar surface area (TPSA) is 80.9 Å². The maximum absolute atomic E-state index is 12.6. The lowest BCUT2D eigenvalue weighted by Gasteiger charge is -2.07.